The fourth-order valence-electron chi connectivity index (χ4n) is 0.802. The normalized spacial score (nSPS) is 12.8. The molecule has 0 spiro atoms. The molecule has 5 nitrogen and oxygen atoms in total. The van der Waals surface area contributed by atoms with Gasteiger partial charge in [-0.2, -0.15) is 13.1 Å². The minimum Gasteiger partial charge on any atom is -0.480 e. The van der Waals surface area contributed by atoms with Gasteiger partial charge in [0.1, 0.15) is 6.54 Å². The summed E-state index contributed by atoms with van der Waals surface area (Å²) in [7, 11) is -4.81. The number of carboxylic acids is 1. The lowest BCUT2D eigenvalue weighted by Crippen LogP contribution is -2.43. The number of nitrogens with zero attached hydrogens (tertiary/aromatic N) is 1. The molecule has 0 bridgehead atoms. The second kappa shape index (κ2) is 4.65. The molecule has 14 heavy (non-hydrogen) atoms. The number of sulfonamides is 1. The topological polar surface area (TPSA) is 74.7 Å². The molecule has 0 atom stereocenters. The maximum absolute atomic E-state index is 12.1. The number of alkyl halides is 2. The summed E-state index contributed by atoms with van der Waals surface area (Å²) in [6.07, 6.45) is 0. The molecule has 1 N–H and O–H groups in total. The molecule has 0 aromatic heterocycles. The zero-order chi connectivity index (χ0) is 11.5. The van der Waals surface area contributed by atoms with Gasteiger partial charge >= 0.3 is 11.7 Å². The fourth-order valence-corrected chi connectivity index (χ4v) is 1.88. The summed E-state index contributed by atoms with van der Waals surface area (Å²) in [5.74, 6) is -5.06. The van der Waals surface area contributed by atoms with Crippen LogP contribution < -0.4 is 0 Å². The van der Waals surface area contributed by atoms with Crippen molar-refractivity contribution in [2.24, 2.45) is 0 Å². The van der Waals surface area contributed by atoms with Gasteiger partial charge in [0.05, 0.1) is 0 Å². The third kappa shape index (κ3) is 3.18. The molecule has 0 heterocycles. The summed E-state index contributed by atoms with van der Waals surface area (Å²) in [6.45, 7) is 1.69. The molecule has 0 saturated heterocycles. The first-order chi connectivity index (χ1) is 6.19. The molecule has 0 rings (SSSR count). The third-order valence-corrected chi connectivity index (χ3v) is 3.07. The van der Waals surface area contributed by atoms with Crippen molar-refractivity contribution in [3.63, 3.8) is 0 Å². The molecule has 0 aliphatic rings. The van der Waals surface area contributed by atoms with Gasteiger partial charge in [0, 0.05) is 6.04 Å². The lowest BCUT2D eigenvalue weighted by Gasteiger charge is -2.23. The molecule has 8 heteroatoms. The average Bonchev–Trinajstić information content (AvgIpc) is 1.98. The van der Waals surface area contributed by atoms with E-state index in [1.165, 1.54) is 13.8 Å². The van der Waals surface area contributed by atoms with Crippen LogP contribution in [-0.4, -0.2) is 42.1 Å². The van der Waals surface area contributed by atoms with Gasteiger partial charge in [0.25, 0.3) is 10.0 Å². The summed E-state index contributed by atoms with van der Waals surface area (Å²) in [5, 5.41) is 8.33. The maximum atomic E-state index is 12.1. The molecule has 0 aromatic rings. The second-order valence-corrected chi connectivity index (χ2v) is 4.69. The molecule has 0 unspecified atom stereocenters. The Hall–Kier alpha value is -0.760. The Morgan fingerprint density at radius 2 is 1.86 bits per heavy atom. The van der Waals surface area contributed by atoms with Gasteiger partial charge in [-0.3, -0.25) is 4.79 Å². The fraction of sp³-hybridized carbons (Fsp3) is 0.833. The van der Waals surface area contributed by atoms with E-state index in [4.69, 9.17) is 5.11 Å². The van der Waals surface area contributed by atoms with Gasteiger partial charge in [-0.05, 0) is 13.8 Å². The van der Waals surface area contributed by atoms with Crippen LogP contribution in [0.5, 0.6) is 0 Å². The lowest BCUT2D eigenvalue weighted by atomic mass is 10.4. The number of hydrogen-bond donors (Lipinski definition) is 1. The lowest BCUT2D eigenvalue weighted by molar-refractivity contribution is -0.137. The van der Waals surface area contributed by atoms with E-state index in [-0.39, 0.29) is 4.31 Å². The second-order valence-electron chi connectivity index (χ2n) is 2.84. The summed E-state index contributed by atoms with van der Waals surface area (Å²) in [5.41, 5.74) is 0. The molecule has 0 radical (unpaired) electrons. The van der Waals surface area contributed by atoms with Gasteiger partial charge in [-0.25, -0.2) is 8.42 Å². The highest BCUT2D eigenvalue weighted by atomic mass is 32.2. The van der Waals surface area contributed by atoms with Gasteiger partial charge < -0.3 is 5.11 Å². The largest absolute Gasteiger partial charge is 0.480 e. The number of hydrogen-bond acceptors (Lipinski definition) is 3. The van der Waals surface area contributed by atoms with Crippen molar-refractivity contribution in [2.45, 2.75) is 25.6 Å². The predicted octanol–water partition coefficient (Wildman–Crippen LogP) is 0.334. The molecular weight excluding hydrogens is 220 g/mol. The van der Waals surface area contributed by atoms with Crippen molar-refractivity contribution >= 4 is 16.0 Å². The van der Waals surface area contributed by atoms with Crippen LogP contribution in [0.2, 0.25) is 0 Å². The zero-order valence-electron chi connectivity index (χ0n) is 7.65. The Labute approximate surface area is 80.4 Å². The van der Waals surface area contributed by atoms with Crippen LogP contribution in [0.3, 0.4) is 0 Å². The van der Waals surface area contributed by atoms with E-state index in [1.807, 2.05) is 0 Å². The molecule has 0 saturated carbocycles. The van der Waals surface area contributed by atoms with Crippen LogP contribution in [0.4, 0.5) is 8.78 Å². The average molecular weight is 231 g/mol. The van der Waals surface area contributed by atoms with Crippen LogP contribution in [0.25, 0.3) is 0 Å². The van der Waals surface area contributed by atoms with Crippen LogP contribution in [0.1, 0.15) is 13.8 Å². The van der Waals surface area contributed by atoms with Crippen molar-refractivity contribution in [3.05, 3.63) is 0 Å². The van der Waals surface area contributed by atoms with E-state index in [9.17, 15) is 22.0 Å². The van der Waals surface area contributed by atoms with Crippen molar-refractivity contribution in [2.75, 3.05) is 6.54 Å². The molecule has 0 aliphatic heterocycles. The first-order valence-electron chi connectivity index (χ1n) is 3.70. The van der Waals surface area contributed by atoms with Gasteiger partial charge in [0.2, 0.25) is 0 Å². The number of halogens is 2. The quantitative estimate of drug-likeness (QED) is 0.740. The number of carboxylic acid groups (broad SMARTS) is 1. The van der Waals surface area contributed by atoms with Crippen molar-refractivity contribution in [1.82, 2.24) is 4.31 Å². The Balaban J connectivity index is 4.93. The molecule has 84 valence electrons. The van der Waals surface area contributed by atoms with Crippen LogP contribution >= 0.6 is 0 Å². The Morgan fingerprint density at radius 1 is 1.43 bits per heavy atom. The van der Waals surface area contributed by atoms with E-state index in [2.05, 4.69) is 0 Å². The number of aliphatic carboxylic acids is 1. The summed E-state index contributed by atoms with van der Waals surface area (Å²) in [4.78, 5) is 10.2. The first kappa shape index (κ1) is 13.2. The van der Waals surface area contributed by atoms with E-state index in [1.54, 1.807) is 0 Å². The summed E-state index contributed by atoms with van der Waals surface area (Å²) in [6, 6.07) is -0.815. The maximum Gasteiger partial charge on any atom is 0.350 e. The van der Waals surface area contributed by atoms with E-state index < -0.39 is 34.3 Å². The summed E-state index contributed by atoms with van der Waals surface area (Å²) >= 11 is 0. The van der Waals surface area contributed by atoms with Crippen LogP contribution in [0, 0.1) is 0 Å². The Kier molecular flexibility index (Phi) is 4.40. The van der Waals surface area contributed by atoms with Gasteiger partial charge in [-0.1, -0.05) is 0 Å². The van der Waals surface area contributed by atoms with E-state index in [0.29, 0.717) is 0 Å². The SMILES string of the molecule is CC(C)N(CC(=O)O)S(=O)(=O)C(F)F. The van der Waals surface area contributed by atoms with Crippen LogP contribution in [-0.2, 0) is 14.8 Å². The monoisotopic (exact) mass is 231 g/mol. The smallest absolute Gasteiger partial charge is 0.350 e. The molecule has 0 aromatic carbocycles. The number of rotatable bonds is 5. The standard InChI is InChI=1S/C6H11F2NO4S/c1-4(2)9(3-5(10)11)14(12,13)6(7)8/h4,6H,3H2,1-2H3,(H,10,11). The minimum absolute atomic E-state index is 0.250. The Morgan fingerprint density at radius 3 is 2.07 bits per heavy atom. The zero-order valence-corrected chi connectivity index (χ0v) is 8.46. The highest BCUT2D eigenvalue weighted by molar-refractivity contribution is 7.89. The predicted molar refractivity (Wildman–Crippen MR) is 44.4 cm³/mol. The van der Waals surface area contributed by atoms with Crippen molar-refractivity contribution in [3.8, 4) is 0 Å². The summed E-state index contributed by atoms with van der Waals surface area (Å²) < 4.78 is 46.2. The third-order valence-electron chi connectivity index (χ3n) is 1.42. The Bertz CT molecular complexity index is 301. The highest BCUT2D eigenvalue weighted by Crippen LogP contribution is 2.14. The molecule has 0 amide bonds. The highest BCUT2D eigenvalue weighted by Gasteiger charge is 2.35. The minimum atomic E-state index is -4.81. The molecular formula is C6H11F2NO4S. The van der Waals surface area contributed by atoms with Crippen molar-refractivity contribution < 1.29 is 27.1 Å². The number of carbonyl (C=O) groups is 1. The molecule has 0 aliphatic carbocycles. The van der Waals surface area contributed by atoms with Gasteiger partial charge in [0.15, 0.2) is 0 Å². The molecule has 0 fully saturated rings. The van der Waals surface area contributed by atoms with Crippen molar-refractivity contribution in [1.29, 1.82) is 0 Å². The first-order valence-corrected chi connectivity index (χ1v) is 5.20. The van der Waals surface area contributed by atoms with Crippen LogP contribution in [0.15, 0.2) is 0 Å². The van der Waals surface area contributed by atoms with Gasteiger partial charge in [-0.15, -0.1) is 0 Å². The van der Waals surface area contributed by atoms with E-state index >= 15 is 0 Å². The van der Waals surface area contributed by atoms with E-state index in [0.717, 1.165) is 0 Å².